The van der Waals surface area contributed by atoms with Crippen LogP contribution in [0.1, 0.15) is 0 Å². The normalized spacial score (nSPS) is 11.5. The molecule has 0 fully saturated rings. The van der Waals surface area contributed by atoms with E-state index < -0.39 is 0 Å². The Labute approximate surface area is 179 Å². The molecule has 0 N–H and O–H groups in total. The van der Waals surface area contributed by atoms with E-state index in [-0.39, 0.29) is 0 Å². The first-order valence-electron chi connectivity index (χ1n) is 10.1. The minimum absolute atomic E-state index is 0.754. The molecule has 0 spiro atoms. The largest absolute Gasteiger partial charge is 0.309 e. The van der Waals surface area contributed by atoms with Gasteiger partial charge in [0, 0.05) is 21.5 Å². The second-order valence-corrected chi connectivity index (χ2v) is 8.03. The van der Waals surface area contributed by atoms with Gasteiger partial charge in [0.25, 0.3) is 0 Å². The van der Waals surface area contributed by atoms with Crippen LogP contribution in [-0.2, 0) is 0 Å². The van der Waals surface area contributed by atoms with Gasteiger partial charge in [-0.15, -0.1) is 0 Å². The van der Waals surface area contributed by atoms with Gasteiger partial charge in [-0.3, -0.25) is 0 Å². The molecule has 2 heteroatoms. The van der Waals surface area contributed by atoms with Crippen LogP contribution in [0.5, 0.6) is 0 Å². The van der Waals surface area contributed by atoms with Crippen molar-refractivity contribution in [2.45, 2.75) is 0 Å². The number of para-hydroxylation sites is 1. The minimum atomic E-state index is 0.754. The van der Waals surface area contributed by atoms with Crippen molar-refractivity contribution < 1.29 is 0 Å². The summed E-state index contributed by atoms with van der Waals surface area (Å²) < 4.78 is 2.37. The topological polar surface area (TPSA) is 4.93 Å². The molecule has 142 valence electrons. The number of aromatic nitrogens is 1. The van der Waals surface area contributed by atoms with Gasteiger partial charge in [-0.2, -0.15) is 0 Å². The summed E-state index contributed by atoms with van der Waals surface area (Å²) in [5.74, 6) is 0. The molecule has 1 nitrogen and oxygen atoms in total. The molecule has 5 aromatic carbocycles. The molecular weight excluding hydrogens is 386 g/mol. The van der Waals surface area contributed by atoms with Gasteiger partial charge in [-0.05, 0) is 58.3 Å². The van der Waals surface area contributed by atoms with Crippen LogP contribution in [0.15, 0.2) is 109 Å². The zero-order valence-electron chi connectivity index (χ0n) is 16.2. The Balaban J connectivity index is 1.75. The van der Waals surface area contributed by atoms with Crippen LogP contribution < -0.4 is 0 Å². The lowest BCUT2D eigenvalue weighted by Gasteiger charge is -2.09. The van der Waals surface area contributed by atoms with E-state index >= 15 is 0 Å². The summed E-state index contributed by atoms with van der Waals surface area (Å²) in [5, 5.41) is 5.87. The Bertz CT molecular complexity index is 1530. The summed E-state index contributed by atoms with van der Waals surface area (Å²) in [5.41, 5.74) is 5.95. The average molecular weight is 404 g/mol. The fraction of sp³-hybridized carbons (Fsp3) is 0. The molecule has 1 heterocycles. The average Bonchev–Trinajstić information content (AvgIpc) is 3.14. The zero-order valence-corrected chi connectivity index (χ0v) is 17.0. The third-order valence-corrected chi connectivity index (χ3v) is 6.10. The third kappa shape index (κ3) is 2.63. The number of fused-ring (bicyclic) bond motifs is 5. The minimum Gasteiger partial charge on any atom is -0.309 e. The summed E-state index contributed by atoms with van der Waals surface area (Å²) in [6.07, 6.45) is 0. The van der Waals surface area contributed by atoms with Gasteiger partial charge in [0.1, 0.15) is 0 Å². The van der Waals surface area contributed by atoms with Gasteiger partial charge in [-0.25, -0.2) is 0 Å². The van der Waals surface area contributed by atoms with E-state index in [1.165, 1.54) is 43.8 Å². The van der Waals surface area contributed by atoms with E-state index in [1.54, 1.807) is 0 Å². The van der Waals surface area contributed by atoms with Crippen LogP contribution in [0.3, 0.4) is 0 Å². The molecule has 0 unspecified atom stereocenters. The van der Waals surface area contributed by atoms with Crippen LogP contribution in [0.25, 0.3) is 49.4 Å². The molecule has 0 amide bonds. The van der Waals surface area contributed by atoms with Crippen molar-refractivity contribution >= 4 is 44.2 Å². The maximum Gasteiger partial charge on any atom is 0.0547 e. The second kappa shape index (κ2) is 6.76. The summed E-state index contributed by atoms with van der Waals surface area (Å²) in [4.78, 5) is 0. The molecule has 0 saturated carbocycles. The number of hydrogen-bond donors (Lipinski definition) is 0. The van der Waals surface area contributed by atoms with Crippen LogP contribution in [0.2, 0.25) is 5.02 Å². The Kier molecular flexibility index (Phi) is 3.90. The first-order chi connectivity index (χ1) is 14.8. The molecule has 0 saturated heterocycles. The lowest BCUT2D eigenvalue weighted by molar-refractivity contribution is 1.18. The second-order valence-electron chi connectivity index (χ2n) is 7.59. The molecule has 6 rings (SSSR count). The van der Waals surface area contributed by atoms with Gasteiger partial charge in [0.05, 0.1) is 11.0 Å². The predicted molar refractivity (Wildman–Crippen MR) is 129 cm³/mol. The highest BCUT2D eigenvalue weighted by molar-refractivity contribution is 6.30. The number of nitrogens with zero attached hydrogens (tertiary/aromatic N) is 1. The maximum absolute atomic E-state index is 6.10. The smallest absolute Gasteiger partial charge is 0.0547 e. The number of benzene rings is 5. The van der Waals surface area contributed by atoms with Crippen molar-refractivity contribution in [3.05, 3.63) is 114 Å². The van der Waals surface area contributed by atoms with E-state index in [9.17, 15) is 0 Å². The zero-order chi connectivity index (χ0) is 20.1. The molecule has 0 bridgehead atoms. The van der Waals surface area contributed by atoms with Crippen molar-refractivity contribution in [3.63, 3.8) is 0 Å². The van der Waals surface area contributed by atoms with Gasteiger partial charge in [-0.1, -0.05) is 84.4 Å². The van der Waals surface area contributed by atoms with Crippen molar-refractivity contribution in [1.82, 2.24) is 4.57 Å². The van der Waals surface area contributed by atoms with Crippen LogP contribution in [0.4, 0.5) is 0 Å². The van der Waals surface area contributed by atoms with Crippen LogP contribution in [0, 0.1) is 0 Å². The van der Waals surface area contributed by atoms with Gasteiger partial charge >= 0.3 is 0 Å². The van der Waals surface area contributed by atoms with Crippen molar-refractivity contribution in [2.75, 3.05) is 0 Å². The van der Waals surface area contributed by atoms with E-state index in [2.05, 4.69) is 102 Å². The molecule has 0 aliphatic heterocycles. The number of halogens is 1. The van der Waals surface area contributed by atoms with Crippen molar-refractivity contribution in [1.29, 1.82) is 0 Å². The van der Waals surface area contributed by atoms with E-state index in [4.69, 9.17) is 11.6 Å². The van der Waals surface area contributed by atoms with E-state index in [0.717, 1.165) is 10.6 Å². The van der Waals surface area contributed by atoms with Crippen molar-refractivity contribution in [2.24, 2.45) is 0 Å². The lowest BCUT2D eigenvalue weighted by atomic mass is 10.0. The highest BCUT2D eigenvalue weighted by Crippen LogP contribution is 2.38. The molecule has 0 atom stereocenters. The monoisotopic (exact) mass is 403 g/mol. The fourth-order valence-electron chi connectivity index (χ4n) is 4.46. The van der Waals surface area contributed by atoms with Gasteiger partial charge in [0.2, 0.25) is 0 Å². The first-order valence-corrected chi connectivity index (χ1v) is 10.4. The molecular formula is C28H18ClN. The number of hydrogen-bond acceptors (Lipinski definition) is 0. The summed E-state index contributed by atoms with van der Waals surface area (Å²) in [7, 11) is 0. The molecule has 0 aliphatic rings. The lowest BCUT2D eigenvalue weighted by Crippen LogP contribution is -1.93. The Morgan fingerprint density at radius 1 is 0.533 bits per heavy atom. The predicted octanol–water partition coefficient (Wildman–Crippen LogP) is 8.26. The van der Waals surface area contributed by atoms with E-state index in [0.29, 0.717) is 0 Å². The maximum atomic E-state index is 6.10. The summed E-state index contributed by atoms with van der Waals surface area (Å²) in [6, 6.07) is 38.5. The Hall–Kier alpha value is -3.55. The fourth-order valence-corrected chi connectivity index (χ4v) is 4.59. The molecule has 6 aromatic rings. The molecule has 0 radical (unpaired) electrons. The number of rotatable bonds is 2. The summed E-state index contributed by atoms with van der Waals surface area (Å²) in [6.45, 7) is 0. The Morgan fingerprint density at radius 2 is 1.27 bits per heavy atom. The first kappa shape index (κ1) is 17.3. The van der Waals surface area contributed by atoms with Crippen molar-refractivity contribution in [3.8, 4) is 16.8 Å². The van der Waals surface area contributed by atoms with Gasteiger partial charge in [0.15, 0.2) is 0 Å². The quantitative estimate of drug-likeness (QED) is 0.274. The SMILES string of the molecule is Clc1ccc(-c2ccc3c4c5ccccc5ccc4n(-c4ccccc4)c3c2)cc1. The third-order valence-electron chi connectivity index (χ3n) is 5.85. The van der Waals surface area contributed by atoms with E-state index in [1.807, 2.05) is 12.1 Å². The van der Waals surface area contributed by atoms with Gasteiger partial charge < -0.3 is 4.57 Å². The molecule has 1 aromatic heterocycles. The molecule has 0 aliphatic carbocycles. The standard InChI is InChI=1S/C28H18ClN/c29-22-14-10-19(11-15-22)21-12-16-25-27(18-21)30(23-7-2-1-3-8-23)26-17-13-20-6-4-5-9-24(20)28(25)26/h1-18H. The molecule has 30 heavy (non-hydrogen) atoms. The highest BCUT2D eigenvalue weighted by Gasteiger charge is 2.15. The Morgan fingerprint density at radius 3 is 2.10 bits per heavy atom. The van der Waals surface area contributed by atoms with Crippen LogP contribution >= 0.6 is 11.6 Å². The van der Waals surface area contributed by atoms with Crippen LogP contribution in [-0.4, -0.2) is 4.57 Å². The highest BCUT2D eigenvalue weighted by atomic mass is 35.5. The summed E-state index contributed by atoms with van der Waals surface area (Å²) >= 11 is 6.10.